The first-order valence-electron chi connectivity index (χ1n) is 12.2. The highest BCUT2D eigenvalue weighted by Crippen LogP contribution is 2.35. The van der Waals surface area contributed by atoms with Crippen LogP contribution in [0.1, 0.15) is 58.1 Å². The van der Waals surface area contributed by atoms with Gasteiger partial charge in [-0.2, -0.15) is 0 Å². The molecule has 2 aromatic carbocycles. The highest BCUT2D eigenvalue weighted by Gasteiger charge is 2.39. The Labute approximate surface area is 224 Å². The lowest BCUT2D eigenvalue weighted by atomic mass is 9.91. The number of nitrogens with one attached hydrogen (secondary N) is 2. The third kappa shape index (κ3) is 8.11. The largest absolute Gasteiger partial charge is 0.444 e. The summed E-state index contributed by atoms with van der Waals surface area (Å²) in [4.78, 5) is 40.5. The van der Waals surface area contributed by atoms with E-state index in [2.05, 4.69) is 10.6 Å². The molecule has 2 aromatic rings. The van der Waals surface area contributed by atoms with Gasteiger partial charge in [0.1, 0.15) is 24.0 Å². The molecule has 3 amide bonds. The molecule has 1 saturated carbocycles. The monoisotopic (exact) mass is 553 g/mol. The number of ether oxygens (including phenoxy) is 1. The summed E-state index contributed by atoms with van der Waals surface area (Å²) in [7, 11) is 0. The summed E-state index contributed by atoms with van der Waals surface area (Å²) in [5, 5.41) is 5.29. The van der Waals surface area contributed by atoms with Gasteiger partial charge < -0.3 is 15.4 Å². The first-order valence-corrected chi connectivity index (χ1v) is 12.6. The Hall–Kier alpha value is -3.27. The number of anilines is 1. The topological polar surface area (TPSA) is 87.7 Å². The van der Waals surface area contributed by atoms with Gasteiger partial charge in [0.25, 0.3) is 0 Å². The number of hydrogen-bond donors (Lipinski definition) is 2. The van der Waals surface area contributed by atoms with Crippen LogP contribution in [0.4, 0.5) is 23.7 Å². The second kappa shape index (κ2) is 12.1. The molecule has 0 spiro atoms. The molecule has 0 saturated heterocycles. The van der Waals surface area contributed by atoms with Crippen LogP contribution in [0.25, 0.3) is 0 Å². The van der Waals surface area contributed by atoms with Gasteiger partial charge in [-0.25, -0.2) is 18.0 Å². The van der Waals surface area contributed by atoms with Gasteiger partial charge in [-0.3, -0.25) is 14.5 Å². The zero-order valence-electron chi connectivity index (χ0n) is 21.4. The van der Waals surface area contributed by atoms with E-state index in [1.807, 2.05) is 0 Å². The molecular formula is C27H31ClF3N3O4. The Balaban J connectivity index is 1.97. The predicted molar refractivity (Wildman–Crippen MR) is 138 cm³/mol. The number of alkyl halides is 2. The average molecular weight is 554 g/mol. The van der Waals surface area contributed by atoms with E-state index in [1.165, 1.54) is 24.3 Å². The van der Waals surface area contributed by atoms with Crippen molar-refractivity contribution >= 4 is 35.2 Å². The molecule has 0 heterocycles. The fraction of sp³-hybridized carbons (Fsp3) is 0.444. The second-order valence-electron chi connectivity index (χ2n) is 10.2. The molecule has 1 aliphatic carbocycles. The summed E-state index contributed by atoms with van der Waals surface area (Å²) in [5.74, 6) is -4.88. The average Bonchev–Trinajstić information content (AvgIpc) is 2.82. The number of benzene rings is 2. The van der Waals surface area contributed by atoms with Crippen LogP contribution in [-0.4, -0.2) is 42.0 Å². The number of rotatable bonds is 7. The number of carbonyl (C=O) groups is 3. The van der Waals surface area contributed by atoms with Crippen LogP contribution >= 0.6 is 11.6 Å². The molecule has 0 aromatic heterocycles. The maximum atomic E-state index is 14.3. The van der Waals surface area contributed by atoms with Crippen molar-refractivity contribution in [2.45, 2.75) is 70.1 Å². The summed E-state index contributed by atoms with van der Waals surface area (Å²) in [6.45, 7) is 4.40. The SMILES string of the molecule is CC(C)(C)OC(=O)NCC(=O)N(c1cccc(F)c1)C(C(=O)NC1CCC(F)(F)CC1)c1ccccc1Cl. The third-order valence-electron chi connectivity index (χ3n) is 5.91. The Morgan fingerprint density at radius 1 is 1.11 bits per heavy atom. The van der Waals surface area contributed by atoms with E-state index in [9.17, 15) is 27.6 Å². The van der Waals surface area contributed by atoms with Gasteiger partial charge in [0, 0.05) is 35.2 Å². The van der Waals surface area contributed by atoms with Crippen LogP contribution in [0.15, 0.2) is 48.5 Å². The van der Waals surface area contributed by atoms with Gasteiger partial charge in [-0.15, -0.1) is 0 Å². The number of nitrogens with zero attached hydrogens (tertiary/aromatic N) is 1. The molecule has 1 aliphatic rings. The van der Waals surface area contributed by atoms with E-state index in [-0.39, 0.29) is 42.0 Å². The maximum Gasteiger partial charge on any atom is 0.408 e. The quantitative estimate of drug-likeness (QED) is 0.455. The summed E-state index contributed by atoms with van der Waals surface area (Å²) in [6.07, 6.45) is -1.49. The molecule has 1 fully saturated rings. The van der Waals surface area contributed by atoms with Crippen molar-refractivity contribution in [1.82, 2.24) is 10.6 Å². The number of carbonyl (C=O) groups excluding carboxylic acids is 3. The van der Waals surface area contributed by atoms with E-state index in [0.29, 0.717) is 0 Å². The van der Waals surface area contributed by atoms with Crippen LogP contribution < -0.4 is 15.5 Å². The van der Waals surface area contributed by atoms with E-state index < -0.39 is 53.9 Å². The first kappa shape index (κ1) is 29.3. The van der Waals surface area contributed by atoms with E-state index in [4.69, 9.17) is 16.3 Å². The van der Waals surface area contributed by atoms with Crippen molar-refractivity contribution < 1.29 is 32.3 Å². The number of halogens is 4. The van der Waals surface area contributed by atoms with Crippen LogP contribution in [0.3, 0.4) is 0 Å². The van der Waals surface area contributed by atoms with E-state index in [1.54, 1.807) is 39.0 Å². The molecule has 38 heavy (non-hydrogen) atoms. The number of alkyl carbamates (subject to hydrolysis) is 1. The molecule has 1 unspecified atom stereocenters. The summed E-state index contributed by atoms with van der Waals surface area (Å²) in [6, 6.07) is 9.47. The van der Waals surface area contributed by atoms with Crippen molar-refractivity contribution in [2.24, 2.45) is 0 Å². The molecule has 2 N–H and O–H groups in total. The molecular weight excluding hydrogens is 523 g/mol. The fourth-order valence-corrected chi connectivity index (χ4v) is 4.41. The molecule has 0 radical (unpaired) electrons. The Morgan fingerprint density at radius 3 is 2.37 bits per heavy atom. The van der Waals surface area contributed by atoms with Crippen molar-refractivity contribution in [3.05, 3.63) is 64.9 Å². The van der Waals surface area contributed by atoms with E-state index in [0.717, 1.165) is 11.0 Å². The van der Waals surface area contributed by atoms with Gasteiger partial charge >= 0.3 is 6.09 Å². The van der Waals surface area contributed by atoms with Crippen LogP contribution in [0, 0.1) is 5.82 Å². The summed E-state index contributed by atoms with van der Waals surface area (Å²) >= 11 is 6.43. The van der Waals surface area contributed by atoms with Crippen molar-refractivity contribution in [3.8, 4) is 0 Å². The fourth-order valence-electron chi connectivity index (χ4n) is 4.17. The molecule has 0 aliphatic heterocycles. The number of amides is 3. The Bertz CT molecular complexity index is 1160. The normalized spacial score (nSPS) is 16.3. The second-order valence-corrected chi connectivity index (χ2v) is 10.6. The Kier molecular flexibility index (Phi) is 9.30. The van der Waals surface area contributed by atoms with Crippen molar-refractivity contribution in [2.75, 3.05) is 11.4 Å². The highest BCUT2D eigenvalue weighted by molar-refractivity contribution is 6.31. The van der Waals surface area contributed by atoms with Crippen molar-refractivity contribution in [3.63, 3.8) is 0 Å². The van der Waals surface area contributed by atoms with Crippen LogP contribution in [0.5, 0.6) is 0 Å². The first-order chi connectivity index (χ1) is 17.8. The minimum Gasteiger partial charge on any atom is -0.444 e. The zero-order chi connectivity index (χ0) is 28.1. The lowest BCUT2D eigenvalue weighted by Crippen LogP contribution is -2.50. The van der Waals surface area contributed by atoms with Gasteiger partial charge in [0.15, 0.2) is 0 Å². The molecule has 0 bridgehead atoms. The van der Waals surface area contributed by atoms with E-state index >= 15 is 0 Å². The summed E-state index contributed by atoms with van der Waals surface area (Å²) in [5.41, 5.74) is -0.537. The van der Waals surface area contributed by atoms with Gasteiger partial charge in [0.2, 0.25) is 17.7 Å². The standard InChI is InChI=1S/C27H31ClF3N3O4/c1-26(2,3)38-25(37)32-16-22(35)34(19-8-6-7-17(29)15-19)23(20-9-4-5-10-21(20)28)24(36)33-18-11-13-27(30,31)14-12-18/h4-10,15,18,23H,11-14,16H2,1-3H3,(H,32,37)(H,33,36). The predicted octanol–water partition coefficient (Wildman–Crippen LogP) is 5.77. The summed E-state index contributed by atoms with van der Waals surface area (Å²) < 4.78 is 46.8. The molecule has 206 valence electrons. The molecule has 1 atom stereocenters. The lowest BCUT2D eigenvalue weighted by Gasteiger charge is -2.35. The van der Waals surface area contributed by atoms with Crippen LogP contribution in [-0.2, 0) is 14.3 Å². The highest BCUT2D eigenvalue weighted by atomic mass is 35.5. The van der Waals surface area contributed by atoms with Gasteiger partial charge in [-0.1, -0.05) is 35.9 Å². The maximum absolute atomic E-state index is 14.3. The van der Waals surface area contributed by atoms with Crippen LogP contribution in [0.2, 0.25) is 5.02 Å². The smallest absolute Gasteiger partial charge is 0.408 e. The third-order valence-corrected chi connectivity index (χ3v) is 6.25. The minimum atomic E-state index is -2.79. The molecule has 11 heteroatoms. The number of hydrogen-bond acceptors (Lipinski definition) is 4. The Morgan fingerprint density at radius 2 is 1.76 bits per heavy atom. The van der Waals surface area contributed by atoms with Gasteiger partial charge in [0.05, 0.1) is 0 Å². The van der Waals surface area contributed by atoms with Gasteiger partial charge in [-0.05, 0) is 57.9 Å². The minimum absolute atomic E-state index is 0.0382. The lowest BCUT2D eigenvalue weighted by molar-refractivity contribution is -0.127. The zero-order valence-corrected chi connectivity index (χ0v) is 22.2. The molecule has 7 nitrogen and oxygen atoms in total. The molecule has 3 rings (SSSR count). The van der Waals surface area contributed by atoms with Crippen molar-refractivity contribution in [1.29, 1.82) is 0 Å².